The molecular formula is C90H96N4O6. The van der Waals surface area contributed by atoms with E-state index in [1.165, 1.54) is 134 Å². The van der Waals surface area contributed by atoms with Gasteiger partial charge in [-0.25, -0.2) is 0 Å². The minimum Gasteiger partial charge on any atom is -0.382 e. The first kappa shape index (κ1) is 69.4. The third-order valence-corrected chi connectivity index (χ3v) is 19.9. The average molecular weight is 1330 g/mol. The van der Waals surface area contributed by atoms with Gasteiger partial charge in [0.15, 0.2) is 0 Å². The molecule has 0 aliphatic heterocycles. The van der Waals surface area contributed by atoms with Crippen LogP contribution in [0.4, 0.5) is 0 Å². The lowest BCUT2D eigenvalue weighted by molar-refractivity contribution is 0.0234. The van der Waals surface area contributed by atoms with Gasteiger partial charge >= 0.3 is 0 Å². The molecule has 4 heterocycles. The number of aromatic nitrogens is 4. The Morgan fingerprint density at radius 1 is 0.220 bits per heavy atom. The van der Waals surface area contributed by atoms with E-state index < -0.39 is 0 Å². The first-order chi connectivity index (χ1) is 49.5. The van der Waals surface area contributed by atoms with Crippen LogP contribution in [0.25, 0.3) is 87.2 Å². The molecule has 1 aliphatic rings. The number of methoxy groups -OCH3 is 2. The van der Waals surface area contributed by atoms with Gasteiger partial charge in [-0.1, -0.05) is 151 Å². The second kappa shape index (κ2) is 34.8. The SMILES string of the molecule is CCCCCCCCCCn1c2ccc3cc2c2cc(ccc21)C#Cc1ccc2c(c1)c1cc(ccc1n2CCOCCOCCOC)C#Cc1ccc2c(c1)c1cc(ccc1n2CCCCCCCCCC)C#Cc1ccc2c(c1)c1cc(ccc1n2CCOCCOCCOC)C#C3. The highest BCUT2D eigenvalue weighted by Gasteiger charge is 2.18. The lowest BCUT2D eigenvalue weighted by Crippen LogP contribution is -2.11. The molecule has 1 aliphatic carbocycles. The summed E-state index contributed by atoms with van der Waals surface area (Å²) in [5.74, 6) is 29.1. The lowest BCUT2D eigenvalue weighted by atomic mass is 10.0. The maximum absolute atomic E-state index is 6.16. The van der Waals surface area contributed by atoms with Crippen LogP contribution in [0.2, 0.25) is 0 Å². The zero-order valence-electron chi connectivity index (χ0n) is 59.3. The quantitative estimate of drug-likeness (QED) is 0.0288. The number of hydrogen-bond donors (Lipinski definition) is 0. The molecule has 0 atom stereocenters. The Bertz CT molecular complexity index is 4210. The summed E-state index contributed by atoms with van der Waals surface area (Å²) in [7, 11) is 3.38. The average Bonchev–Trinajstić information content (AvgIpc) is 1.63. The van der Waals surface area contributed by atoms with E-state index in [0.29, 0.717) is 79.2 Å². The molecule has 8 aromatic carbocycles. The first-order valence-corrected chi connectivity index (χ1v) is 37.1. The normalized spacial score (nSPS) is 12.0. The Hall–Kier alpha value is -9.04. The first-order valence-electron chi connectivity index (χ1n) is 37.1. The van der Waals surface area contributed by atoms with Gasteiger partial charge in [-0.15, -0.1) is 0 Å². The van der Waals surface area contributed by atoms with Gasteiger partial charge in [-0.2, -0.15) is 0 Å². The molecule has 0 spiro atoms. The number of ether oxygens (including phenoxy) is 6. The van der Waals surface area contributed by atoms with Crippen LogP contribution in [0.3, 0.4) is 0 Å². The van der Waals surface area contributed by atoms with Crippen LogP contribution in [0, 0.1) is 47.4 Å². The molecule has 4 aromatic heterocycles. The molecule has 0 amide bonds. The standard InChI is InChI=1S/C90H96N4O6/c1-5-7-9-11-13-15-17-19-45-91-83-37-29-67-21-25-71-33-41-87-79(63-71)81-65-73(35-43-89(81)93(87)47-49-97-55-57-99-53-51-95-3)27-23-69-31-39-85-77(61-69)78-62-70(32-40-86(78)92(85)46-20-18-16-14-12-10-8-6-2)24-28-74-36-44-90-82(66-74)80-64-72(26-22-68-30-38-84(91)76(60-68)75(83)59-67)34-42-88(80)94(90)48-50-98-56-58-100-54-52-96-4/h29-44,59-66H,5-20,45-58H2,1-4H3. The van der Waals surface area contributed by atoms with E-state index >= 15 is 0 Å². The molecule has 10 heteroatoms. The Morgan fingerprint density at radius 2 is 0.410 bits per heavy atom. The molecule has 0 N–H and O–H groups in total. The molecule has 16 bridgehead atoms. The van der Waals surface area contributed by atoms with Crippen molar-refractivity contribution in [2.24, 2.45) is 0 Å². The van der Waals surface area contributed by atoms with E-state index in [-0.39, 0.29) is 0 Å². The molecular weight excluding hydrogens is 1230 g/mol. The minimum atomic E-state index is 0.513. The topological polar surface area (TPSA) is 75.1 Å². The van der Waals surface area contributed by atoms with Crippen LogP contribution < -0.4 is 0 Å². The van der Waals surface area contributed by atoms with E-state index in [9.17, 15) is 0 Å². The van der Waals surface area contributed by atoms with Crippen molar-refractivity contribution < 1.29 is 28.4 Å². The number of fused-ring (bicyclic) bond motifs is 8. The number of hydrogen-bond acceptors (Lipinski definition) is 6. The highest BCUT2D eigenvalue weighted by Crippen LogP contribution is 2.36. The van der Waals surface area contributed by atoms with E-state index in [0.717, 1.165) is 114 Å². The monoisotopic (exact) mass is 1330 g/mol. The summed E-state index contributed by atoms with van der Waals surface area (Å²) in [4.78, 5) is 0. The van der Waals surface area contributed by atoms with Crippen molar-refractivity contribution in [3.05, 3.63) is 190 Å². The summed E-state index contributed by atoms with van der Waals surface area (Å²) in [6.07, 6.45) is 20.4. The predicted octanol–water partition coefficient (Wildman–Crippen LogP) is 19.7. The Morgan fingerprint density at radius 3 is 0.630 bits per heavy atom. The maximum atomic E-state index is 6.16. The smallest absolute Gasteiger partial charge is 0.0701 e. The summed E-state index contributed by atoms with van der Waals surface area (Å²) in [6.45, 7) is 13.2. The second-order valence-corrected chi connectivity index (χ2v) is 26.8. The molecule has 0 unspecified atom stereocenters. The fraction of sp³-hybridized carbons (Fsp3) is 0.378. The van der Waals surface area contributed by atoms with Crippen molar-refractivity contribution in [3.63, 3.8) is 0 Å². The summed E-state index contributed by atoms with van der Waals surface area (Å²) in [5, 5.41) is 9.30. The number of nitrogens with zero attached hydrogens (tertiary/aromatic N) is 4. The summed E-state index contributed by atoms with van der Waals surface area (Å²) in [6, 6.07) is 53.7. The Balaban J connectivity index is 0.911. The molecule has 0 fully saturated rings. The number of unbranched alkanes of at least 4 members (excludes halogenated alkanes) is 14. The molecule has 0 radical (unpaired) electrons. The van der Waals surface area contributed by atoms with Gasteiger partial charge in [0.05, 0.1) is 66.1 Å². The van der Waals surface area contributed by atoms with Gasteiger partial charge < -0.3 is 46.7 Å². The van der Waals surface area contributed by atoms with Crippen molar-refractivity contribution in [1.82, 2.24) is 18.3 Å². The fourth-order valence-corrected chi connectivity index (χ4v) is 14.6. The Kier molecular flexibility index (Phi) is 24.2. The summed E-state index contributed by atoms with van der Waals surface area (Å²) >= 11 is 0. The van der Waals surface area contributed by atoms with Gasteiger partial charge in [0, 0.05) is 172 Å². The zero-order chi connectivity index (χ0) is 68.2. The molecule has 10 nitrogen and oxygen atoms in total. The predicted molar refractivity (Wildman–Crippen MR) is 414 cm³/mol. The maximum Gasteiger partial charge on any atom is 0.0701 e. The molecule has 512 valence electrons. The highest BCUT2D eigenvalue weighted by atomic mass is 16.5. The van der Waals surface area contributed by atoms with Crippen LogP contribution in [0.1, 0.15) is 161 Å². The van der Waals surface area contributed by atoms with Crippen molar-refractivity contribution in [2.75, 3.05) is 80.3 Å². The molecule has 0 saturated carbocycles. The van der Waals surface area contributed by atoms with Gasteiger partial charge in [-0.3, -0.25) is 0 Å². The van der Waals surface area contributed by atoms with Gasteiger partial charge in [0.2, 0.25) is 0 Å². The summed E-state index contributed by atoms with van der Waals surface area (Å²) < 4.78 is 43.9. The third kappa shape index (κ3) is 16.7. The summed E-state index contributed by atoms with van der Waals surface area (Å²) in [5.41, 5.74) is 17.1. The minimum absolute atomic E-state index is 0.513. The number of aryl methyl sites for hydroxylation is 2. The van der Waals surface area contributed by atoms with E-state index in [2.05, 4.69) is 225 Å². The largest absolute Gasteiger partial charge is 0.382 e. The highest BCUT2D eigenvalue weighted by molar-refractivity contribution is 6.12. The number of rotatable bonds is 36. The second-order valence-electron chi connectivity index (χ2n) is 26.8. The Labute approximate surface area is 591 Å². The van der Waals surface area contributed by atoms with E-state index in [1.807, 2.05) is 0 Å². The third-order valence-electron chi connectivity index (χ3n) is 19.9. The van der Waals surface area contributed by atoms with Crippen LogP contribution in [-0.2, 0) is 54.6 Å². The molecule has 12 aromatic rings. The van der Waals surface area contributed by atoms with Crippen LogP contribution in [0.15, 0.2) is 146 Å². The van der Waals surface area contributed by atoms with E-state index in [1.54, 1.807) is 14.2 Å². The molecule has 100 heavy (non-hydrogen) atoms. The van der Waals surface area contributed by atoms with Gasteiger partial charge in [0.25, 0.3) is 0 Å². The van der Waals surface area contributed by atoms with Crippen LogP contribution in [-0.4, -0.2) is 98.6 Å². The molecule has 13 rings (SSSR count). The number of benzene rings is 8. The van der Waals surface area contributed by atoms with Gasteiger partial charge in [-0.05, 0) is 158 Å². The fourth-order valence-electron chi connectivity index (χ4n) is 14.6. The van der Waals surface area contributed by atoms with E-state index in [4.69, 9.17) is 28.4 Å². The molecule has 0 saturated heterocycles. The van der Waals surface area contributed by atoms with Crippen LogP contribution in [0.5, 0.6) is 0 Å². The van der Waals surface area contributed by atoms with Gasteiger partial charge in [0.1, 0.15) is 0 Å². The van der Waals surface area contributed by atoms with Crippen molar-refractivity contribution in [1.29, 1.82) is 0 Å². The van der Waals surface area contributed by atoms with Crippen molar-refractivity contribution in [3.8, 4) is 47.4 Å². The zero-order valence-corrected chi connectivity index (χ0v) is 59.3. The van der Waals surface area contributed by atoms with Crippen LogP contribution >= 0.6 is 0 Å². The lowest BCUT2D eigenvalue weighted by Gasteiger charge is -2.09. The van der Waals surface area contributed by atoms with Crippen molar-refractivity contribution in [2.45, 2.75) is 143 Å². The van der Waals surface area contributed by atoms with Crippen molar-refractivity contribution >= 4 is 87.2 Å².